The molecule has 0 saturated carbocycles. The summed E-state index contributed by atoms with van der Waals surface area (Å²) in [7, 11) is 0. The molecule has 5 nitrogen and oxygen atoms in total. The van der Waals surface area contributed by atoms with Crippen LogP contribution in [0, 0.1) is 0 Å². The van der Waals surface area contributed by atoms with E-state index in [2.05, 4.69) is 10.3 Å². The van der Waals surface area contributed by atoms with E-state index in [0.29, 0.717) is 0 Å². The summed E-state index contributed by atoms with van der Waals surface area (Å²) in [5.41, 5.74) is 0.448. The van der Waals surface area contributed by atoms with E-state index in [1.54, 1.807) is 24.5 Å². The van der Waals surface area contributed by atoms with Crippen molar-refractivity contribution in [3.8, 4) is 0 Å². The number of amides is 1. The van der Waals surface area contributed by atoms with E-state index < -0.39 is 11.9 Å². The Hall–Kier alpha value is -1.91. The van der Waals surface area contributed by atoms with Gasteiger partial charge >= 0.3 is 5.97 Å². The smallest absolute Gasteiger partial charge is 0.303 e. The van der Waals surface area contributed by atoms with Crippen molar-refractivity contribution in [3.05, 3.63) is 30.1 Å². The molecule has 1 amide bonds. The van der Waals surface area contributed by atoms with E-state index >= 15 is 0 Å². The fraction of sp³-hybridized carbons (Fsp3) is 0.500. The van der Waals surface area contributed by atoms with Crippen molar-refractivity contribution in [3.63, 3.8) is 0 Å². The third-order valence-corrected chi connectivity index (χ3v) is 2.57. The van der Waals surface area contributed by atoms with Crippen molar-refractivity contribution in [2.75, 3.05) is 0 Å². The second kappa shape index (κ2) is 6.31. The first-order valence-electron chi connectivity index (χ1n) is 6.23. The molecule has 19 heavy (non-hydrogen) atoms. The van der Waals surface area contributed by atoms with Crippen LogP contribution in [0.25, 0.3) is 0 Å². The predicted molar refractivity (Wildman–Crippen MR) is 71.7 cm³/mol. The van der Waals surface area contributed by atoms with Gasteiger partial charge in [-0.2, -0.15) is 0 Å². The average molecular weight is 264 g/mol. The standard InChI is InChI=1S/C14H20N2O3/c1-14(2,3)16-13(19)11(4-5-12(17)18)10-6-8-15-9-7-10/h6-9,11H,4-5H2,1-3H3,(H,16,19)(H,17,18). The van der Waals surface area contributed by atoms with E-state index in [9.17, 15) is 9.59 Å². The first-order chi connectivity index (χ1) is 8.79. The van der Waals surface area contributed by atoms with Crippen molar-refractivity contribution in [1.82, 2.24) is 10.3 Å². The summed E-state index contributed by atoms with van der Waals surface area (Å²) in [5, 5.41) is 11.7. The van der Waals surface area contributed by atoms with Gasteiger partial charge in [0.2, 0.25) is 5.91 Å². The van der Waals surface area contributed by atoms with Crippen LogP contribution in [-0.2, 0) is 9.59 Å². The second-order valence-corrected chi connectivity index (χ2v) is 5.50. The summed E-state index contributed by atoms with van der Waals surface area (Å²) in [6.07, 6.45) is 3.45. The molecule has 0 aliphatic carbocycles. The lowest BCUT2D eigenvalue weighted by molar-refractivity contribution is -0.137. The highest BCUT2D eigenvalue weighted by atomic mass is 16.4. The van der Waals surface area contributed by atoms with Crippen LogP contribution in [0.2, 0.25) is 0 Å². The van der Waals surface area contributed by atoms with Crippen molar-refractivity contribution in [2.24, 2.45) is 0 Å². The van der Waals surface area contributed by atoms with Crippen molar-refractivity contribution >= 4 is 11.9 Å². The van der Waals surface area contributed by atoms with E-state index in [1.165, 1.54) is 0 Å². The molecule has 0 aliphatic heterocycles. The van der Waals surface area contributed by atoms with Gasteiger partial charge in [0.25, 0.3) is 0 Å². The van der Waals surface area contributed by atoms with Gasteiger partial charge in [-0.05, 0) is 44.9 Å². The highest BCUT2D eigenvalue weighted by Gasteiger charge is 2.24. The number of hydrogen-bond acceptors (Lipinski definition) is 3. The predicted octanol–water partition coefficient (Wildman–Crippen LogP) is 1.94. The lowest BCUT2D eigenvalue weighted by Gasteiger charge is -2.25. The summed E-state index contributed by atoms with van der Waals surface area (Å²) in [6.45, 7) is 5.68. The Morgan fingerprint density at radius 3 is 2.37 bits per heavy atom. The lowest BCUT2D eigenvalue weighted by Crippen LogP contribution is -2.43. The molecule has 0 spiro atoms. The molecule has 0 aromatic carbocycles. The van der Waals surface area contributed by atoms with Gasteiger partial charge in [0.05, 0.1) is 5.92 Å². The molecule has 1 unspecified atom stereocenters. The number of hydrogen-bond donors (Lipinski definition) is 2. The maximum Gasteiger partial charge on any atom is 0.303 e. The van der Waals surface area contributed by atoms with Gasteiger partial charge in [-0.1, -0.05) is 0 Å². The zero-order valence-corrected chi connectivity index (χ0v) is 11.5. The van der Waals surface area contributed by atoms with Gasteiger partial charge in [-0.25, -0.2) is 0 Å². The molecule has 1 aromatic heterocycles. The molecule has 1 atom stereocenters. The van der Waals surface area contributed by atoms with Crippen LogP contribution >= 0.6 is 0 Å². The first kappa shape index (κ1) is 15.1. The monoisotopic (exact) mass is 264 g/mol. The molecule has 1 heterocycles. The van der Waals surface area contributed by atoms with Crippen LogP contribution < -0.4 is 5.32 Å². The summed E-state index contributed by atoms with van der Waals surface area (Å²) in [6, 6.07) is 3.49. The average Bonchev–Trinajstić information content (AvgIpc) is 2.27. The summed E-state index contributed by atoms with van der Waals surface area (Å²) in [5.74, 6) is -1.51. The topological polar surface area (TPSA) is 79.3 Å². The Morgan fingerprint density at radius 2 is 1.89 bits per heavy atom. The highest BCUT2D eigenvalue weighted by molar-refractivity contribution is 5.84. The molecule has 0 fully saturated rings. The number of carbonyl (C=O) groups is 2. The number of aliphatic carboxylic acids is 1. The van der Waals surface area contributed by atoms with Gasteiger partial charge in [-0.3, -0.25) is 14.6 Å². The number of nitrogens with one attached hydrogen (secondary N) is 1. The summed E-state index contributed by atoms with van der Waals surface area (Å²) >= 11 is 0. The number of pyridine rings is 1. The number of rotatable bonds is 5. The molecule has 0 saturated heterocycles. The maximum atomic E-state index is 12.2. The Morgan fingerprint density at radius 1 is 1.32 bits per heavy atom. The minimum absolute atomic E-state index is 0.0372. The third kappa shape index (κ3) is 5.50. The van der Waals surface area contributed by atoms with Crippen LogP contribution in [0.1, 0.15) is 45.1 Å². The Balaban J connectivity index is 2.86. The van der Waals surface area contributed by atoms with Gasteiger partial charge in [0.1, 0.15) is 0 Å². The molecule has 1 rings (SSSR count). The van der Waals surface area contributed by atoms with E-state index in [0.717, 1.165) is 5.56 Å². The molecule has 2 N–H and O–H groups in total. The maximum absolute atomic E-state index is 12.2. The molecule has 0 radical (unpaired) electrons. The Bertz CT molecular complexity index is 438. The Kier molecular flexibility index (Phi) is 5.03. The molecular formula is C14H20N2O3. The van der Waals surface area contributed by atoms with Crippen LogP contribution in [-0.4, -0.2) is 27.5 Å². The minimum Gasteiger partial charge on any atom is -0.481 e. The molecule has 0 bridgehead atoms. The number of aromatic nitrogens is 1. The number of carboxylic acids is 1. The lowest BCUT2D eigenvalue weighted by atomic mass is 9.93. The molecular weight excluding hydrogens is 244 g/mol. The van der Waals surface area contributed by atoms with Crippen LogP contribution in [0.5, 0.6) is 0 Å². The fourth-order valence-electron chi connectivity index (χ4n) is 1.77. The number of carboxylic acid groups (broad SMARTS) is 1. The van der Waals surface area contributed by atoms with E-state index in [-0.39, 0.29) is 24.3 Å². The fourth-order valence-corrected chi connectivity index (χ4v) is 1.77. The van der Waals surface area contributed by atoms with Gasteiger partial charge in [-0.15, -0.1) is 0 Å². The molecule has 1 aromatic rings. The first-order valence-corrected chi connectivity index (χ1v) is 6.23. The normalized spacial score (nSPS) is 12.8. The quantitative estimate of drug-likeness (QED) is 0.851. The largest absolute Gasteiger partial charge is 0.481 e. The summed E-state index contributed by atoms with van der Waals surface area (Å²) < 4.78 is 0. The highest BCUT2D eigenvalue weighted by Crippen LogP contribution is 2.22. The minimum atomic E-state index is -0.900. The van der Waals surface area contributed by atoms with Crippen molar-refractivity contribution in [1.29, 1.82) is 0 Å². The van der Waals surface area contributed by atoms with E-state index in [1.807, 2.05) is 20.8 Å². The van der Waals surface area contributed by atoms with Crippen LogP contribution in [0.15, 0.2) is 24.5 Å². The molecule has 104 valence electrons. The Labute approximate surface area is 113 Å². The van der Waals surface area contributed by atoms with Gasteiger partial charge in [0.15, 0.2) is 0 Å². The van der Waals surface area contributed by atoms with Crippen molar-refractivity contribution in [2.45, 2.75) is 45.1 Å². The third-order valence-electron chi connectivity index (χ3n) is 2.57. The zero-order valence-electron chi connectivity index (χ0n) is 11.5. The van der Waals surface area contributed by atoms with Crippen LogP contribution in [0.3, 0.4) is 0 Å². The van der Waals surface area contributed by atoms with Crippen LogP contribution in [0.4, 0.5) is 0 Å². The van der Waals surface area contributed by atoms with Gasteiger partial charge in [0, 0.05) is 24.4 Å². The summed E-state index contributed by atoms with van der Waals surface area (Å²) in [4.78, 5) is 26.9. The van der Waals surface area contributed by atoms with Gasteiger partial charge < -0.3 is 10.4 Å². The number of nitrogens with zero attached hydrogens (tertiary/aromatic N) is 1. The SMILES string of the molecule is CC(C)(C)NC(=O)C(CCC(=O)O)c1ccncc1. The number of carbonyl (C=O) groups excluding carboxylic acids is 1. The molecule has 0 aliphatic rings. The zero-order chi connectivity index (χ0) is 14.5. The molecule has 5 heteroatoms. The second-order valence-electron chi connectivity index (χ2n) is 5.50. The van der Waals surface area contributed by atoms with E-state index in [4.69, 9.17) is 5.11 Å². The van der Waals surface area contributed by atoms with Crippen molar-refractivity contribution < 1.29 is 14.7 Å².